The second-order valence-electron chi connectivity index (χ2n) is 14.9. The van der Waals surface area contributed by atoms with Crippen molar-refractivity contribution in [2.45, 2.75) is 90.3 Å². The molecule has 2 aromatic carbocycles. The number of benzene rings is 2. The Kier molecular flexibility index (Phi) is 9.86. The van der Waals surface area contributed by atoms with E-state index in [0.29, 0.717) is 18.4 Å². The van der Waals surface area contributed by atoms with E-state index < -0.39 is 77.3 Å². The molecule has 2 fully saturated rings. The molecule has 0 spiro atoms. The van der Waals surface area contributed by atoms with Crippen molar-refractivity contribution in [2.24, 2.45) is 23.2 Å². The molecular formula is C36H43F3N4O6. The first-order chi connectivity index (χ1) is 22.9. The number of fused-ring (bicyclic) bond motifs is 2. The average Bonchev–Trinajstić information content (AvgIpc) is 3.38. The Labute approximate surface area is 283 Å². The highest BCUT2D eigenvalue weighted by atomic mass is 19.4. The number of likely N-dealkylation sites (tertiary alicyclic amines) is 1. The molecule has 3 aliphatic rings. The van der Waals surface area contributed by atoms with Crippen LogP contribution in [0.15, 0.2) is 54.6 Å². The first-order valence-electron chi connectivity index (χ1n) is 16.5. The second-order valence-corrected chi connectivity index (χ2v) is 14.9. The number of ether oxygens (including phenoxy) is 1. The highest BCUT2D eigenvalue weighted by Gasteiger charge is 2.70. The SMILES string of the molecule is CC(C)(C)OC(=O)NC(C(=O)N1CC2C(C1C(=O)NC(CC(F)(F)F)C(=O)C(=O)NCc1ccccc1)C2(C)C)C1Cc2ccccc2C1. The number of alkyl carbamates (subject to hydrolysis) is 1. The van der Waals surface area contributed by atoms with Gasteiger partial charge in [0.05, 0.1) is 6.42 Å². The van der Waals surface area contributed by atoms with Crippen molar-refractivity contribution >= 4 is 29.6 Å². The Morgan fingerprint density at radius 1 is 0.918 bits per heavy atom. The van der Waals surface area contributed by atoms with Gasteiger partial charge in [0.25, 0.3) is 5.91 Å². The zero-order chi connectivity index (χ0) is 35.9. The van der Waals surface area contributed by atoms with Crippen LogP contribution in [0.5, 0.6) is 0 Å². The molecule has 0 bridgehead atoms. The number of hydrogen-bond acceptors (Lipinski definition) is 6. The molecule has 0 aromatic heterocycles. The van der Waals surface area contributed by atoms with Crippen molar-refractivity contribution < 1.29 is 41.9 Å². The standard InChI is InChI=1S/C36H43F3N4O6/c1-34(2,3)49-33(48)42-27(23-15-21-13-9-10-14-22(21)16-23)32(47)43-19-24-26(35(24,4)5)28(43)30(45)41-25(17-36(37,38)39)29(44)31(46)40-18-20-11-7-6-8-12-20/h6-14,23-28H,15-19H2,1-5H3,(H,40,46)(H,41,45)(H,42,48). The molecule has 1 saturated carbocycles. The summed E-state index contributed by atoms with van der Waals surface area (Å²) < 4.78 is 46.6. The second kappa shape index (κ2) is 13.5. The van der Waals surface area contributed by atoms with Crippen molar-refractivity contribution in [3.63, 3.8) is 0 Å². The summed E-state index contributed by atoms with van der Waals surface area (Å²) in [5.74, 6) is -5.17. The molecule has 4 amide bonds. The summed E-state index contributed by atoms with van der Waals surface area (Å²) in [5, 5.41) is 7.25. The molecule has 1 saturated heterocycles. The molecule has 2 aromatic rings. The summed E-state index contributed by atoms with van der Waals surface area (Å²) in [6.07, 6.45) is -6.51. The van der Waals surface area contributed by atoms with Crippen molar-refractivity contribution in [3.05, 3.63) is 71.3 Å². The number of amides is 4. The molecule has 5 atom stereocenters. The maximum absolute atomic E-state index is 14.4. The van der Waals surface area contributed by atoms with Gasteiger partial charge in [0.1, 0.15) is 23.7 Å². The van der Waals surface area contributed by atoms with Crippen LogP contribution in [-0.4, -0.2) is 70.9 Å². The number of rotatable bonds is 10. The van der Waals surface area contributed by atoms with E-state index in [-0.39, 0.29) is 24.9 Å². The van der Waals surface area contributed by atoms with Gasteiger partial charge >= 0.3 is 12.3 Å². The molecule has 13 heteroatoms. The minimum absolute atomic E-state index is 0.0992. The zero-order valence-electron chi connectivity index (χ0n) is 28.2. The fraction of sp³-hybridized carbons (Fsp3) is 0.528. The lowest BCUT2D eigenvalue weighted by Gasteiger charge is -2.35. The first kappa shape index (κ1) is 35.9. The lowest BCUT2D eigenvalue weighted by molar-refractivity contribution is -0.155. The molecule has 49 heavy (non-hydrogen) atoms. The molecule has 1 heterocycles. The summed E-state index contributed by atoms with van der Waals surface area (Å²) >= 11 is 0. The molecule has 3 N–H and O–H groups in total. The smallest absolute Gasteiger partial charge is 0.408 e. The van der Waals surface area contributed by atoms with E-state index in [1.807, 2.05) is 38.1 Å². The van der Waals surface area contributed by atoms with Crippen molar-refractivity contribution in [1.82, 2.24) is 20.9 Å². The molecule has 5 unspecified atom stereocenters. The van der Waals surface area contributed by atoms with Gasteiger partial charge in [-0.05, 0) is 73.5 Å². The highest BCUT2D eigenvalue weighted by molar-refractivity contribution is 6.38. The number of nitrogens with one attached hydrogen (secondary N) is 3. The summed E-state index contributed by atoms with van der Waals surface area (Å²) in [4.78, 5) is 68.5. The quantitative estimate of drug-likeness (QED) is 0.323. The van der Waals surface area contributed by atoms with Crippen molar-refractivity contribution in [3.8, 4) is 0 Å². The lowest BCUT2D eigenvalue weighted by Crippen LogP contribution is -2.60. The fourth-order valence-electron chi connectivity index (χ4n) is 7.36. The van der Waals surface area contributed by atoms with Gasteiger partial charge in [-0.1, -0.05) is 68.4 Å². The highest BCUT2D eigenvalue weighted by Crippen LogP contribution is 2.65. The molecular weight excluding hydrogens is 641 g/mol. The van der Waals surface area contributed by atoms with Crippen LogP contribution in [0.3, 0.4) is 0 Å². The van der Waals surface area contributed by atoms with Crippen LogP contribution < -0.4 is 16.0 Å². The number of piperidine rings is 1. The van der Waals surface area contributed by atoms with Gasteiger partial charge in [-0.2, -0.15) is 13.2 Å². The maximum atomic E-state index is 14.4. The number of carbonyl (C=O) groups excluding carboxylic acids is 5. The van der Waals surface area contributed by atoms with Crippen LogP contribution in [0.25, 0.3) is 0 Å². The lowest BCUT2D eigenvalue weighted by atomic mass is 9.93. The van der Waals surface area contributed by atoms with E-state index >= 15 is 0 Å². The Morgan fingerprint density at radius 2 is 1.51 bits per heavy atom. The predicted octanol–water partition coefficient (Wildman–Crippen LogP) is 4.10. The van der Waals surface area contributed by atoms with Crippen LogP contribution >= 0.6 is 0 Å². The summed E-state index contributed by atoms with van der Waals surface area (Å²) in [6, 6.07) is 11.6. The van der Waals surface area contributed by atoms with Crippen LogP contribution in [0.2, 0.25) is 0 Å². The van der Waals surface area contributed by atoms with E-state index in [1.165, 1.54) is 4.90 Å². The third-order valence-corrected chi connectivity index (χ3v) is 9.84. The largest absolute Gasteiger partial charge is 0.444 e. The van der Waals surface area contributed by atoms with Gasteiger partial charge in [0.2, 0.25) is 17.6 Å². The number of carbonyl (C=O) groups is 5. The van der Waals surface area contributed by atoms with E-state index in [4.69, 9.17) is 4.74 Å². The van der Waals surface area contributed by atoms with E-state index in [1.54, 1.807) is 51.1 Å². The van der Waals surface area contributed by atoms with Gasteiger partial charge in [-0.25, -0.2) is 4.79 Å². The van der Waals surface area contributed by atoms with Crippen LogP contribution in [0.4, 0.5) is 18.0 Å². The number of alkyl halides is 3. The van der Waals surface area contributed by atoms with E-state index in [0.717, 1.165) is 11.1 Å². The Hall–Kier alpha value is -4.42. The van der Waals surface area contributed by atoms with Crippen LogP contribution in [0.1, 0.15) is 57.7 Å². The number of halogens is 3. The van der Waals surface area contributed by atoms with Gasteiger partial charge in [-0.3, -0.25) is 19.2 Å². The Morgan fingerprint density at radius 3 is 2.08 bits per heavy atom. The Balaban J connectivity index is 1.38. The zero-order valence-corrected chi connectivity index (χ0v) is 28.2. The topological polar surface area (TPSA) is 134 Å². The number of hydrogen-bond donors (Lipinski definition) is 3. The molecule has 5 rings (SSSR count). The predicted molar refractivity (Wildman–Crippen MR) is 173 cm³/mol. The summed E-state index contributed by atoms with van der Waals surface area (Å²) in [7, 11) is 0. The van der Waals surface area contributed by atoms with Gasteiger partial charge in [0, 0.05) is 13.1 Å². The third-order valence-electron chi connectivity index (χ3n) is 9.84. The number of Topliss-reactive ketones (excluding diaryl/α,β-unsaturated/α-hetero) is 1. The molecule has 2 aliphatic carbocycles. The minimum atomic E-state index is -4.89. The van der Waals surface area contributed by atoms with Crippen molar-refractivity contribution in [2.75, 3.05) is 6.54 Å². The average molecular weight is 685 g/mol. The number of nitrogens with zero attached hydrogens (tertiary/aromatic N) is 1. The molecule has 264 valence electrons. The minimum Gasteiger partial charge on any atom is -0.444 e. The Bertz CT molecular complexity index is 1580. The first-order valence-corrected chi connectivity index (χ1v) is 16.5. The molecule has 1 aliphatic heterocycles. The number of ketones is 1. The van der Waals surface area contributed by atoms with E-state index in [2.05, 4.69) is 16.0 Å². The normalized spacial score (nSPS) is 22.3. The maximum Gasteiger partial charge on any atom is 0.408 e. The van der Waals surface area contributed by atoms with Crippen LogP contribution in [-0.2, 0) is 43.3 Å². The van der Waals surface area contributed by atoms with Crippen LogP contribution in [0, 0.1) is 23.2 Å². The van der Waals surface area contributed by atoms with Crippen molar-refractivity contribution in [1.29, 1.82) is 0 Å². The summed E-state index contributed by atoms with van der Waals surface area (Å²) in [6.45, 7) is 8.91. The van der Waals surface area contributed by atoms with Gasteiger partial charge in [0.15, 0.2) is 0 Å². The van der Waals surface area contributed by atoms with Gasteiger partial charge < -0.3 is 25.6 Å². The van der Waals surface area contributed by atoms with Gasteiger partial charge in [-0.15, -0.1) is 0 Å². The third kappa shape index (κ3) is 8.25. The molecule has 0 radical (unpaired) electrons. The monoisotopic (exact) mass is 684 g/mol. The summed E-state index contributed by atoms with van der Waals surface area (Å²) in [5.41, 5.74) is 1.41. The molecule has 10 nitrogen and oxygen atoms in total. The van der Waals surface area contributed by atoms with E-state index in [9.17, 15) is 37.1 Å². The fourth-order valence-corrected chi connectivity index (χ4v) is 7.36.